The molecule has 0 aliphatic heterocycles. The SMILES string of the molecule is c1ccc(-c2ccc(-c3ccc4c5ccccc5n(-c5cccc(-c6cccc(-c7nc(-c8ccccc8)nc(-c8ccccc8)n7)c6)c5)c4c3)cc2)cc1. The molecule has 4 heteroatoms. The number of hydrogen-bond acceptors (Lipinski definition) is 3. The smallest absolute Gasteiger partial charge is 0.164 e. The highest BCUT2D eigenvalue weighted by molar-refractivity contribution is 6.10. The maximum atomic E-state index is 4.99. The molecule has 0 radical (unpaired) electrons. The van der Waals surface area contributed by atoms with Gasteiger partial charge in [0.2, 0.25) is 0 Å². The second-order valence-electron chi connectivity index (χ2n) is 13.7. The van der Waals surface area contributed by atoms with Crippen molar-refractivity contribution in [3.8, 4) is 73.2 Å². The highest BCUT2D eigenvalue weighted by atomic mass is 15.0. The number of nitrogens with zero attached hydrogens (tertiary/aromatic N) is 4. The van der Waals surface area contributed by atoms with E-state index >= 15 is 0 Å². The minimum Gasteiger partial charge on any atom is -0.309 e. The summed E-state index contributed by atoms with van der Waals surface area (Å²) in [4.78, 5) is 14.9. The molecule has 0 N–H and O–H groups in total. The lowest BCUT2D eigenvalue weighted by Gasteiger charge is -2.12. The Morgan fingerprint density at radius 3 is 1.33 bits per heavy atom. The largest absolute Gasteiger partial charge is 0.309 e. The van der Waals surface area contributed by atoms with Crippen LogP contribution in [0.5, 0.6) is 0 Å². The van der Waals surface area contributed by atoms with Crippen molar-refractivity contribution in [1.82, 2.24) is 19.5 Å². The second kappa shape index (κ2) is 13.8. The molecule has 4 nitrogen and oxygen atoms in total. The molecule has 2 aromatic heterocycles. The van der Waals surface area contributed by atoms with Crippen molar-refractivity contribution < 1.29 is 0 Å². The Kier molecular flexibility index (Phi) is 8.12. The number of hydrogen-bond donors (Lipinski definition) is 0. The zero-order valence-corrected chi connectivity index (χ0v) is 29.9. The molecule has 0 fully saturated rings. The summed E-state index contributed by atoms with van der Waals surface area (Å²) in [5.74, 6) is 1.93. The van der Waals surface area contributed by atoms with Gasteiger partial charge in [0.15, 0.2) is 17.5 Å². The van der Waals surface area contributed by atoms with E-state index < -0.39 is 0 Å². The van der Waals surface area contributed by atoms with E-state index in [-0.39, 0.29) is 0 Å². The minimum absolute atomic E-state index is 0.637. The predicted molar refractivity (Wildman–Crippen MR) is 227 cm³/mol. The van der Waals surface area contributed by atoms with Crippen molar-refractivity contribution in [1.29, 1.82) is 0 Å². The third-order valence-corrected chi connectivity index (χ3v) is 10.3. The van der Waals surface area contributed by atoms with Crippen molar-refractivity contribution in [2.45, 2.75) is 0 Å². The molecule has 55 heavy (non-hydrogen) atoms. The predicted octanol–water partition coefficient (Wildman–Crippen LogP) is 13.0. The third-order valence-electron chi connectivity index (χ3n) is 10.3. The van der Waals surface area contributed by atoms with Crippen LogP contribution in [0.3, 0.4) is 0 Å². The average molecular weight is 703 g/mol. The fraction of sp³-hybridized carbons (Fsp3) is 0. The van der Waals surface area contributed by atoms with E-state index in [2.05, 4.69) is 150 Å². The lowest BCUT2D eigenvalue weighted by molar-refractivity contribution is 1.07. The van der Waals surface area contributed by atoms with Crippen molar-refractivity contribution in [3.63, 3.8) is 0 Å². The van der Waals surface area contributed by atoms with Gasteiger partial charge >= 0.3 is 0 Å². The first-order chi connectivity index (χ1) is 27.2. The Morgan fingerprint density at radius 2 is 0.673 bits per heavy atom. The zero-order valence-electron chi connectivity index (χ0n) is 29.9. The van der Waals surface area contributed by atoms with Gasteiger partial charge in [0, 0.05) is 33.2 Å². The Balaban J connectivity index is 1.06. The average Bonchev–Trinajstić information content (AvgIpc) is 3.61. The Morgan fingerprint density at radius 1 is 0.255 bits per heavy atom. The van der Waals surface area contributed by atoms with Crippen LogP contribution in [0.4, 0.5) is 0 Å². The highest BCUT2D eigenvalue weighted by Crippen LogP contribution is 2.37. The molecule has 0 saturated heterocycles. The Hall–Kier alpha value is -7.43. The molecule has 0 saturated carbocycles. The Labute approximate surface area is 319 Å². The quantitative estimate of drug-likeness (QED) is 0.166. The molecule has 0 atom stereocenters. The second-order valence-corrected chi connectivity index (χ2v) is 13.7. The molecule has 0 unspecified atom stereocenters. The number of fused-ring (bicyclic) bond motifs is 3. The molecule has 0 spiro atoms. The molecule has 0 aliphatic carbocycles. The maximum absolute atomic E-state index is 4.99. The van der Waals surface area contributed by atoms with Crippen LogP contribution in [0.2, 0.25) is 0 Å². The van der Waals surface area contributed by atoms with E-state index in [1.807, 2.05) is 60.7 Å². The summed E-state index contributed by atoms with van der Waals surface area (Å²) in [7, 11) is 0. The van der Waals surface area contributed by atoms with Crippen LogP contribution in [0.1, 0.15) is 0 Å². The van der Waals surface area contributed by atoms with E-state index in [1.165, 1.54) is 44.1 Å². The lowest BCUT2D eigenvalue weighted by Crippen LogP contribution is -2.00. The van der Waals surface area contributed by atoms with E-state index in [9.17, 15) is 0 Å². The van der Waals surface area contributed by atoms with Gasteiger partial charge < -0.3 is 4.57 Å². The van der Waals surface area contributed by atoms with Crippen molar-refractivity contribution in [2.75, 3.05) is 0 Å². The standard InChI is InChI=1S/C51H34N4/c1-4-14-35(15-5-1)36-26-28-37(29-27-36)42-30-31-46-45-24-10-11-25-47(45)55(48(46)34-42)44-23-13-21-41(33-44)40-20-12-22-43(32-40)51-53-49(38-16-6-2-7-17-38)52-50(54-51)39-18-8-3-9-19-39/h1-34H. The molecule has 0 aliphatic rings. The van der Waals surface area contributed by atoms with Crippen LogP contribution in [-0.4, -0.2) is 19.5 Å². The fourth-order valence-electron chi connectivity index (χ4n) is 7.51. The zero-order chi connectivity index (χ0) is 36.6. The number of benzene rings is 8. The van der Waals surface area contributed by atoms with Crippen LogP contribution in [0.25, 0.3) is 95.0 Å². The Bertz CT molecular complexity index is 2890. The maximum Gasteiger partial charge on any atom is 0.164 e. The first-order valence-corrected chi connectivity index (χ1v) is 18.5. The molecule has 2 heterocycles. The van der Waals surface area contributed by atoms with E-state index in [0.717, 1.165) is 33.5 Å². The summed E-state index contributed by atoms with van der Waals surface area (Å²) in [6.45, 7) is 0. The lowest BCUT2D eigenvalue weighted by atomic mass is 9.99. The van der Waals surface area contributed by atoms with Gasteiger partial charge in [-0.2, -0.15) is 0 Å². The van der Waals surface area contributed by atoms with Crippen LogP contribution >= 0.6 is 0 Å². The van der Waals surface area contributed by atoms with Gasteiger partial charge in [0.25, 0.3) is 0 Å². The summed E-state index contributed by atoms with van der Waals surface area (Å²) in [5.41, 5.74) is 13.3. The first-order valence-electron chi connectivity index (χ1n) is 18.5. The van der Waals surface area contributed by atoms with E-state index in [0.29, 0.717) is 17.5 Å². The molecule has 0 amide bonds. The van der Waals surface area contributed by atoms with E-state index in [1.54, 1.807) is 0 Å². The van der Waals surface area contributed by atoms with Gasteiger partial charge in [-0.3, -0.25) is 0 Å². The van der Waals surface area contributed by atoms with Gasteiger partial charge in [0.1, 0.15) is 0 Å². The van der Waals surface area contributed by atoms with Gasteiger partial charge in [-0.25, -0.2) is 15.0 Å². The number of para-hydroxylation sites is 1. The summed E-state index contributed by atoms with van der Waals surface area (Å²) >= 11 is 0. The summed E-state index contributed by atoms with van der Waals surface area (Å²) in [5, 5.41) is 2.46. The summed E-state index contributed by atoms with van der Waals surface area (Å²) in [6.07, 6.45) is 0. The fourth-order valence-corrected chi connectivity index (χ4v) is 7.51. The molecule has 10 rings (SSSR count). The van der Waals surface area contributed by atoms with E-state index in [4.69, 9.17) is 15.0 Å². The highest BCUT2D eigenvalue weighted by Gasteiger charge is 2.16. The van der Waals surface area contributed by atoms with Crippen LogP contribution < -0.4 is 0 Å². The molecule has 0 bridgehead atoms. The van der Waals surface area contributed by atoms with Gasteiger partial charge in [-0.15, -0.1) is 0 Å². The van der Waals surface area contributed by atoms with Crippen LogP contribution in [0, 0.1) is 0 Å². The van der Waals surface area contributed by atoms with Gasteiger partial charge in [-0.1, -0.05) is 176 Å². The molecule has 10 aromatic rings. The van der Waals surface area contributed by atoms with Crippen molar-refractivity contribution in [2.24, 2.45) is 0 Å². The monoisotopic (exact) mass is 702 g/mol. The number of aromatic nitrogens is 4. The molecular formula is C51H34N4. The van der Waals surface area contributed by atoms with Gasteiger partial charge in [0.05, 0.1) is 11.0 Å². The number of rotatable bonds is 7. The van der Waals surface area contributed by atoms with Crippen LogP contribution in [0.15, 0.2) is 206 Å². The first kappa shape index (κ1) is 32.2. The summed E-state index contributed by atoms with van der Waals surface area (Å²) in [6, 6.07) is 72.4. The topological polar surface area (TPSA) is 43.6 Å². The van der Waals surface area contributed by atoms with Crippen molar-refractivity contribution >= 4 is 21.8 Å². The minimum atomic E-state index is 0.637. The molecular weight excluding hydrogens is 669 g/mol. The summed E-state index contributed by atoms with van der Waals surface area (Å²) < 4.78 is 2.39. The van der Waals surface area contributed by atoms with Gasteiger partial charge in [-0.05, 0) is 63.7 Å². The van der Waals surface area contributed by atoms with Crippen molar-refractivity contribution in [3.05, 3.63) is 206 Å². The molecule has 258 valence electrons. The molecule has 8 aromatic carbocycles. The van der Waals surface area contributed by atoms with Crippen LogP contribution in [-0.2, 0) is 0 Å². The third kappa shape index (κ3) is 6.16. The normalized spacial score (nSPS) is 11.3.